The normalized spacial score (nSPS) is 17.2. The Kier molecular flexibility index (Phi) is 4.81. The van der Waals surface area contributed by atoms with E-state index in [9.17, 15) is 4.79 Å². The number of carbonyl (C=O) groups excluding carboxylic acids is 1. The first kappa shape index (κ1) is 13.5. The van der Waals surface area contributed by atoms with E-state index in [2.05, 4.69) is 6.08 Å². The van der Waals surface area contributed by atoms with Gasteiger partial charge in [0.05, 0.1) is 12.0 Å². The Bertz CT molecular complexity index is 287. The molecular formula is C12H20ClNO2. The van der Waals surface area contributed by atoms with Crippen molar-refractivity contribution in [3.8, 4) is 0 Å². The van der Waals surface area contributed by atoms with Crippen LogP contribution >= 0.6 is 11.6 Å². The van der Waals surface area contributed by atoms with Crippen LogP contribution in [0.5, 0.6) is 0 Å². The topological polar surface area (TPSA) is 29.5 Å². The molecule has 0 aromatic rings. The molecule has 0 fully saturated rings. The molecule has 0 bridgehead atoms. The first-order valence-electron chi connectivity index (χ1n) is 5.53. The van der Waals surface area contributed by atoms with Crippen LogP contribution in [0, 0.1) is 5.41 Å². The standard InChI is InChI=1S/C12H20ClNO2/c1-12(2,9-13)11(15)14-6-4-10(5-7-14)8-16-3/h4H,5-9H2,1-3H3. The minimum absolute atomic E-state index is 0.134. The zero-order chi connectivity index (χ0) is 12.2. The number of rotatable bonds is 4. The Morgan fingerprint density at radius 3 is 2.75 bits per heavy atom. The number of hydrogen-bond donors (Lipinski definition) is 0. The second-order valence-corrected chi connectivity index (χ2v) is 5.08. The summed E-state index contributed by atoms with van der Waals surface area (Å²) in [6.45, 7) is 5.89. The minimum atomic E-state index is -0.464. The summed E-state index contributed by atoms with van der Waals surface area (Å²) in [6, 6.07) is 0. The molecule has 4 heteroatoms. The second kappa shape index (κ2) is 5.69. The van der Waals surface area contributed by atoms with Gasteiger partial charge in [-0.2, -0.15) is 0 Å². The zero-order valence-corrected chi connectivity index (χ0v) is 11.0. The molecule has 0 N–H and O–H groups in total. The number of nitrogens with zero attached hydrogens (tertiary/aromatic N) is 1. The summed E-state index contributed by atoms with van der Waals surface area (Å²) < 4.78 is 5.07. The van der Waals surface area contributed by atoms with E-state index in [0.717, 1.165) is 13.0 Å². The van der Waals surface area contributed by atoms with E-state index in [-0.39, 0.29) is 5.91 Å². The van der Waals surface area contributed by atoms with Crippen LogP contribution in [0.4, 0.5) is 0 Å². The van der Waals surface area contributed by atoms with Crippen molar-refractivity contribution in [1.82, 2.24) is 4.90 Å². The summed E-state index contributed by atoms with van der Waals surface area (Å²) in [7, 11) is 1.69. The number of alkyl halides is 1. The van der Waals surface area contributed by atoms with Crippen LogP contribution in [0.3, 0.4) is 0 Å². The van der Waals surface area contributed by atoms with Gasteiger partial charge in [-0.3, -0.25) is 4.79 Å². The predicted octanol–water partition coefficient (Wildman–Crippen LogP) is 2.06. The Morgan fingerprint density at radius 2 is 2.31 bits per heavy atom. The van der Waals surface area contributed by atoms with Crippen molar-refractivity contribution in [2.24, 2.45) is 5.41 Å². The highest BCUT2D eigenvalue weighted by atomic mass is 35.5. The fourth-order valence-electron chi connectivity index (χ4n) is 1.70. The molecular weight excluding hydrogens is 226 g/mol. The lowest BCUT2D eigenvalue weighted by Gasteiger charge is -2.32. The van der Waals surface area contributed by atoms with Crippen LogP contribution in [-0.4, -0.2) is 43.5 Å². The Labute approximate surface area is 102 Å². The van der Waals surface area contributed by atoms with E-state index in [1.807, 2.05) is 18.7 Å². The molecule has 1 aliphatic rings. The summed E-state index contributed by atoms with van der Waals surface area (Å²) in [5.41, 5.74) is 0.809. The van der Waals surface area contributed by atoms with Crippen LogP contribution in [0.2, 0.25) is 0 Å². The minimum Gasteiger partial charge on any atom is -0.380 e. The third-order valence-electron chi connectivity index (χ3n) is 2.83. The lowest BCUT2D eigenvalue weighted by Crippen LogP contribution is -2.44. The van der Waals surface area contributed by atoms with Gasteiger partial charge in [0.2, 0.25) is 5.91 Å². The first-order valence-corrected chi connectivity index (χ1v) is 6.07. The average molecular weight is 246 g/mol. The SMILES string of the molecule is COCC1=CCN(C(=O)C(C)(C)CCl)CC1. The van der Waals surface area contributed by atoms with Gasteiger partial charge in [0.1, 0.15) is 0 Å². The molecule has 0 atom stereocenters. The molecule has 0 saturated heterocycles. The van der Waals surface area contributed by atoms with Gasteiger partial charge in [-0.15, -0.1) is 11.6 Å². The molecule has 16 heavy (non-hydrogen) atoms. The number of carbonyl (C=O) groups is 1. The maximum atomic E-state index is 12.1. The molecule has 0 unspecified atom stereocenters. The number of ether oxygens (including phenoxy) is 1. The highest BCUT2D eigenvalue weighted by molar-refractivity contribution is 6.19. The first-order chi connectivity index (χ1) is 7.51. The Hall–Kier alpha value is -0.540. The third kappa shape index (κ3) is 3.22. The molecule has 0 aliphatic carbocycles. The van der Waals surface area contributed by atoms with Crippen molar-refractivity contribution in [3.63, 3.8) is 0 Å². The third-order valence-corrected chi connectivity index (χ3v) is 3.50. The van der Waals surface area contributed by atoms with Crippen molar-refractivity contribution in [2.45, 2.75) is 20.3 Å². The van der Waals surface area contributed by atoms with Crippen LogP contribution < -0.4 is 0 Å². The number of hydrogen-bond acceptors (Lipinski definition) is 2. The van der Waals surface area contributed by atoms with Gasteiger partial charge in [-0.25, -0.2) is 0 Å². The van der Waals surface area contributed by atoms with Crippen molar-refractivity contribution in [1.29, 1.82) is 0 Å². The summed E-state index contributed by atoms with van der Waals surface area (Å²) in [5, 5.41) is 0. The maximum Gasteiger partial charge on any atom is 0.229 e. The lowest BCUT2D eigenvalue weighted by molar-refractivity contribution is -0.138. The molecule has 0 aromatic heterocycles. The summed E-state index contributed by atoms with van der Waals surface area (Å²) in [6.07, 6.45) is 2.98. The monoisotopic (exact) mass is 245 g/mol. The largest absolute Gasteiger partial charge is 0.380 e. The molecule has 1 rings (SSSR count). The van der Waals surface area contributed by atoms with E-state index in [1.54, 1.807) is 7.11 Å². The predicted molar refractivity (Wildman–Crippen MR) is 65.7 cm³/mol. The van der Waals surface area contributed by atoms with Crippen LogP contribution in [0.1, 0.15) is 20.3 Å². The van der Waals surface area contributed by atoms with E-state index < -0.39 is 5.41 Å². The van der Waals surface area contributed by atoms with Gasteiger partial charge >= 0.3 is 0 Å². The molecule has 1 heterocycles. The van der Waals surface area contributed by atoms with E-state index in [0.29, 0.717) is 19.0 Å². The summed E-state index contributed by atoms with van der Waals surface area (Å²) in [4.78, 5) is 14.0. The fraction of sp³-hybridized carbons (Fsp3) is 0.750. The molecule has 0 radical (unpaired) electrons. The van der Waals surface area contributed by atoms with Gasteiger partial charge in [-0.1, -0.05) is 6.08 Å². The zero-order valence-electron chi connectivity index (χ0n) is 10.3. The molecule has 1 amide bonds. The molecule has 0 saturated carbocycles. The smallest absolute Gasteiger partial charge is 0.229 e. The van der Waals surface area contributed by atoms with Gasteiger partial charge < -0.3 is 9.64 Å². The summed E-state index contributed by atoms with van der Waals surface area (Å²) in [5.74, 6) is 0.493. The van der Waals surface area contributed by atoms with E-state index in [1.165, 1.54) is 5.57 Å². The molecule has 0 spiro atoms. The number of amides is 1. The van der Waals surface area contributed by atoms with E-state index >= 15 is 0 Å². The number of methoxy groups -OCH3 is 1. The maximum absolute atomic E-state index is 12.1. The van der Waals surface area contributed by atoms with E-state index in [4.69, 9.17) is 16.3 Å². The van der Waals surface area contributed by atoms with Gasteiger partial charge in [-0.05, 0) is 25.8 Å². The second-order valence-electron chi connectivity index (χ2n) is 4.81. The van der Waals surface area contributed by atoms with Crippen LogP contribution in [-0.2, 0) is 9.53 Å². The van der Waals surface area contributed by atoms with Crippen molar-refractivity contribution in [2.75, 3.05) is 32.7 Å². The molecule has 92 valence electrons. The molecule has 1 aliphatic heterocycles. The van der Waals surface area contributed by atoms with Crippen molar-refractivity contribution < 1.29 is 9.53 Å². The van der Waals surface area contributed by atoms with Gasteiger partial charge in [0, 0.05) is 26.1 Å². The number of halogens is 1. The van der Waals surface area contributed by atoms with Crippen molar-refractivity contribution in [3.05, 3.63) is 11.6 Å². The van der Waals surface area contributed by atoms with Crippen molar-refractivity contribution >= 4 is 17.5 Å². The van der Waals surface area contributed by atoms with Crippen LogP contribution in [0.25, 0.3) is 0 Å². The fourth-order valence-corrected chi connectivity index (χ4v) is 1.81. The van der Waals surface area contributed by atoms with Gasteiger partial charge in [0.15, 0.2) is 0 Å². The summed E-state index contributed by atoms with van der Waals surface area (Å²) >= 11 is 5.80. The highest BCUT2D eigenvalue weighted by Crippen LogP contribution is 2.23. The molecule has 3 nitrogen and oxygen atoms in total. The van der Waals surface area contributed by atoms with Crippen LogP contribution in [0.15, 0.2) is 11.6 Å². The average Bonchev–Trinajstić information content (AvgIpc) is 2.29. The van der Waals surface area contributed by atoms with Gasteiger partial charge in [0.25, 0.3) is 0 Å². The lowest BCUT2D eigenvalue weighted by atomic mass is 9.93. The highest BCUT2D eigenvalue weighted by Gasteiger charge is 2.31. The molecule has 0 aromatic carbocycles. The Morgan fingerprint density at radius 1 is 1.62 bits per heavy atom. The quantitative estimate of drug-likeness (QED) is 0.561. The Balaban J connectivity index is 2.57.